The lowest BCUT2D eigenvalue weighted by molar-refractivity contribution is -0.142. The van der Waals surface area contributed by atoms with Gasteiger partial charge in [-0.05, 0) is 21.6 Å². The summed E-state index contributed by atoms with van der Waals surface area (Å²) < 4.78 is 0. The zero-order chi connectivity index (χ0) is 17.5. The minimum absolute atomic E-state index is 0.0694. The summed E-state index contributed by atoms with van der Waals surface area (Å²) in [5, 5.41) is 58.9. The molecule has 2 unspecified atom stereocenters. The van der Waals surface area contributed by atoms with Crippen molar-refractivity contribution in [1.82, 2.24) is 4.90 Å². The highest BCUT2D eigenvalue weighted by molar-refractivity contribution is 8.77. The second-order valence-corrected chi connectivity index (χ2v) is 6.02. The van der Waals surface area contributed by atoms with E-state index in [4.69, 9.17) is 35.7 Å². The van der Waals surface area contributed by atoms with E-state index in [2.05, 4.69) is 0 Å². The maximum absolute atomic E-state index is 9.97. The van der Waals surface area contributed by atoms with Crippen LogP contribution >= 0.6 is 21.6 Å². The highest BCUT2D eigenvalue weighted by Gasteiger charge is 2.20. The average molecular weight is 363 g/mol. The van der Waals surface area contributed by atoms with Crippen LogP contribution in [0.5, 0.6) is 0 Å². The molecule has 12 heteroatoms. The number of hydrogen-bond donors (Lipinski definition) is 7. The summed E-state index contributed by atoms with van der Waals surface area (Å²) in [6.45, 7) is 1.75. The zero-order valence-corrected chi connectivity index (χ0v) is 13.2. The lowest BCUT2D eigenvalue weighted by atomic mass is 10.4. The molecule has 0 bridgehead atoms. The molecule has 0 aromatic heterocycles. The molecule has 0 heterocycles. The number of carboxylic acid groups (broad SMARTS) is 2. The van der Waals surface area contributed by atoms with Crippen LogP contribution in [-0.2, 0) is 9.59 Å². The van der Waals surface area contributed by atoms with E-state index in [1.807, 2.05) is 0 Å². The van der Waals surface area contributed by atoms with Gasteiger partial charge in [-0.3, -0.25) is 4.90 Å². The molecule has 22 heavy (non-hydrogen) atoms. The first-order valence-corrected chi connectivity index (χ1v) is 8.26. The number of carboxylic acids is 2. The molecule has 0 aromatic rings. The summed E-state index contributed by atoms with van der Waals surface area (Å²) in [7, 11) is 0.726. The molecule has 132 valence electrons. The first kappa shape index (κ1) is 23.7. The first-order chi connectivity index (χ1) is 10.3. The molecular weight excluding hydrogens is 342 g/mol. The first-order valence-electron chi connectivity index (χ1n) is 5.98. The van der Waals surface area contributed by atoms with E-state index in [9.17, 15) is 9.59 Å². The lowest BCUT2D eigenvalue weighted by Gasteiger charge is -2.17. The van der Waals surface area contributed by atoms with Crippen molar-refractivity contribution < 1.29 is 45.3 Å². The van der Waals surface area contributed by atoms with E-state index in [0.29, 0.717) is 41.2 Å². The molecule has 0 spiro atoms. The molecule has 7 N–H and O–H groups in total. The van der Waals surface area contributed by atoms with Crippen molar-refractivity contribution in [2.45, 2.75) is 10.9 Å². The summed E-state index contributed by atoms with van der Waals surface area (Å²) >= 11 is 0. The lowest BCUT2D eigenvalue weighted by Crippen LogP contribution is -2.32. The van der Waals surface area contributed by atoms with Gasteiger partial charge in [0.15, 0.2) is 0 Å². The molecule has 0 aromatic carbocycles. The Hall–Kier alpha value is -0.600. The van der Waals surface area contributed by atoms with Crippen LogP contribution in [0, 0.1) is 0 Å². The number of nitrogens with zero attached hydrogens (tertiary/aromatic N) is 1. The minimum atomic E-state index is -1.73. The van der Waals surface area contributed by atoms with Gasteiger partial charge in [0, 0.05) is 19.6 Å². The van der Waals surface area contributed by atoms with Crippen molar-refractivity contribution in [3.8, 4) is 0 Å². The molecule has 0 fully saturated rings. The van der Waals surface area contributed by atoms with E-state index >= 15 is 0 Å². The number of carbonyl (C=O) groups is 2. The molecule has 0 saturated heterocycles. The van der Waals surface area contributed by atoms with E-state index in [0.717, 1.165) is 0 Å². The third kappa shape index (κ3) is 14.3. The number of aliphatic carboxylic acids is 2. The quantitative estimate of drug-likeness (QED) is 0.151. The van der Waals surface area contributed by atoms with Gasteiger partial charge in [0.1, 0.15) is 0 Å². The Morgan fingerprint density at radius 1 is 0.773 bits per heavy atom. The highest BCUT2D eigenvalue weighted by atomic mass is 33.1. The number of rotatable bonds is 11. The monoisotopic (exact) mass is 363 g/mol. The molecular formula is C10H21NO9S2. The molecule has 0 aliphatic rings. The van der Waals surface area contributed by atoms with E-state index in [-0.39, 0.29) is 19.8 Å². The second-order valence-electron chi connectivity index (χ2n) is 3.59. The fourth-order valence-corrected chi connectivity index (χ4v) is 2.45. The SMILES string of the molecule is O=C(O)C(O)SSC(O)C(=O)O.OCCN(CCO)CCO. The fourth-order valence-electron chi connectivity index (χ4n) is 0.947. The maximum atomic E-state index is 9.97. The minimum Gasteiger partial charge on any atom is -0.479 e. The van der Waals surface area contributed by atoms with Crippen LogP contribution < -0.4 is 0 Å². The van der Waals surface area contributed by atoms with Crippen LogP contribution in [0.15, 0.2) is 0 Å². The van der Waals surface area contributed by atoms with Gasteiger partial charge >= 0.3 is 11.9 Å². The Balaban J connectivity index is 0. The fraction of sp³-hybridized carbons (Fsp3) is 0.800. The van der Waals surface area contributed by atoms with Crippen molar-refractivity contribution in [1.29, 1.82) is 0 Å². The number of hydrogen-bond acceptors (Lipinski definition) is 10. The number of aliphatic hydroxyl groups excluding tert-OH is 5. The van der Waals surface area contributed by atoms with Gasteiger partial charge < -0.3 is 35.7 Å². The van der Waals surface area contributed by atoms with Crippen LogP contribution in [0.25, 0.3) is 0 Å². The Kier molecular flexibility index (Phi) is 16.5. The third-order valence-corrected chi connectivity index (χ3v) is 4.22. The summed E-state index contributed by atoms with van der Waals surface area (Å²) in [5.74, 6) is -2.96. The standard InChI is InChI=1S/C6H15NO3.C4H6O6S2/c8-4-1-7(2-5-9)3-6-10;5-1(6)3(9)11-12-4(10)2(7)8/h8-10H,1-6H2;3-4,9-10H,(H,5,6)(H,7,8). The third-order valence-electron chi connectivity index (χ3n) is 1.91. The highest BCUT2D eigenvalue weighted by Crippen LogP contribution is 2.28. The van der Waals surface area contributed by atoms with E-state index in [1.54, 1.807) is 4.90 Å². The van der Waals surface area contributed by atoms with Crippen LogP contribution in [0.4, 0.5) is 0 Å². The molecule has 0 aliphatic heterocycles. The molecule has 0 radical (unpaired) electrons. The van der Waals surface area contributed by atoms with Crippen LogP contribution in [0.3, 0.4) is 0 Å². The van der Waals surface area contributed by atoms with Gasteiger partial charge in [-0.2, -0.15) is 0 Å². The normalized spacial score (nSPS) is 13.2. The largest absolute Gasteiger partial charge is 0.479 e. The Bertz CT molecular complexity index is 274. The molecule has 10 nitrogen and oxygen atoms in total. The van der Waals surface area contributed by atoms with Gasteiger partial charge in [0.2, 0.25) is 10.9 Å². The van der Waals surface area contributed by atoms with Crippen molar-refractivity contribution in [3.05, 3.63) is 0 Å². The summed E-state index contributed by atoms with van der Waals surface area (Å²) in [5.41, 5.74) is -3.46. The van der Waals surface area contributed by atoms with Crippen LogP contribution in [-0.4, -0.2) is 103 Å². The van der Waals surface area contributed by atoms with Gasteiger partial charge in [0.05, 0.1) is 19.8 Å². The Morgan fingerprint density at radius 2 is 1.05 bits per heavy atom. The summed E-state index contributed by atoms with van der Waals surface area (Å²) in [6, 6.07) is 0. The summed E-state index contributed by atoms with van der Waals surface area (Å²) in [6.07, 6.45) is 0. The topological polar surface area (TPSA) is 179 Å². The Morgan fingerprint density at radius 3 is 1.23 bits per heavy atom. The van der Waals surface area contributed by atoms with Crippen molar-refractivity contribution in [2.75, 3.05) is 39.5 Å². The van der Waals surface area contributed by atoms with Crippen LogP contribution in [0.2, 0.25) is 0 Å². The maximum Gasteiger partial charge on any atom is 0.344 e. The van der Waals surface area contributed by atoms with Gasteiger partial charge in [-0.25, -0.2) is 9.59 Å². The van der Waals surface area contributed by atoms with E-state index in [1.165, 1.54) is 0 Å². The zero-order valence-electron chi connectivity index (χ0n) is 11.6. The Labute approximate surface area is 134 Å². The van der Waals surface area contributed by atoms with Gasteiger partial charge in [0.25, 0.3) is 0 Å². The molecule has 2 atom stereocenters. The van der Waals surface area contributed by atoms with Crippen molar-refractivity contribution in [2.24, 2.45) is 0 Å². The molecule has 0 amide bonds. The van der Waals surface area contributed by atoms with Gasteiger partial charge in [-0.15, -0.1) is 0 Å². The van der Waals surface area contributed by atoms with Gasteiger partial charge in [-0.1, -0.05) is 0 Å². The molecule has 0 aliphatic carbocycles. The smallest absolute Gasteiger partial charge is 0.344 e. The molecule has 0 rings (SSSR count). The van der Waals surface area contributed by atoms with E-state index < -0.39 is 22.8 Å². The average Bonchev–Trinajstić information content (AvgIpc) is 2.45. The predicted octanol–water partition coefficient (Wildman–Crippen LogP) is -2.56. The summed E-state index contributed by atoms with van der Waals surface area (Å²) in [4.78, 5) is 21.7. The van der Waals surface area contributed by atoms with Crippen LogP contribution in [0.1, 0.15) is 0 Å². The van der Waals surface area contributed by atoms with Crippen molar-refractivity contribution in [3.63, 3.8) is 0 Å². The molecule has 0 saturated carbocycles. The second kappa shape index (κ2) is 15.3. The predicted molar refractivity (Wildman–Crippen MR) is 80.2 cm³/mol. The van der Waals surface area contributed by atoms with Crippen molar-refractivity contribution >= 4 is 33.5 Å². The number of aliphatic hydroxyl groups is 5.